The van der Waals surface area contributed by atoms with Crippen LogP contribution in [0.15, 0.2) is 4.90 Å². The molecule has 0 aliphatic rings. The van der Waals surface area contributed by atoms with Gasteiger partial charge in [-0.2, -0.15) is 0 Å². The Balaban J connectivity index is 2.50. The summed E-state index contributed by atoms with van der Waals surface area (Å²) in [5, 5.41) is 0. The van der Waals surface area contributed by atoms with Crippen molar-refractivity contribution in [2.75, 3.05) is 0 Å². The predicted molar refractivity (Wildman–Crippen MR) is 97.2 cm³/mol. The van der Waals surface area contributed by atoms with Gasteiger partial charge in [0.05, 0.1) is 21.7 Å². The number of hydrogen-bond donors (Lipinski definition) is 0. The van der Waals surface area contributed by atoms with Crippen LogP contribution in [-0.4, -0.2) is 0 Å². The molecular weight excluding hydrogens is 502 g/mol. The first-order valence-corrected chi connectivity index (χ1v) is 11.4. The molecule has 0 spiro atoms. The van der Waals surface area contributed by atoms with E-state index in [0.717, 1.165) is 0 Å². The van der Waals surface area contributed by atoms with Crippen molar-refractivity contribution in [3.8, 4) is 0 Å². The maximum atomic E-state index is 2.45. The fourth-order valence-corrected chi connectivity index (χ4v) is 10.1. The molecule has 0 aromatic carbocycles. The Kier molecular flexibility index (Phi) is 3.52. The standard InChI is InChI=1S/C10H6I2S4/c1-3-5-7(15-10(3)11)9-8(14-5)6(16-12)4(2)13-9/h1-2H3. The zero-order valence-electron chi connectivity index (χ0n) is 8.39. The third-order valence-electron chi connectivity index (χ3n) is 2.51. The molecule has 0 N–H and O–H groups in total. The molecule has 0 amide bonds. The van der Waals surface area contributed by atoms with E-state index in [1.807, 2.05) is 42.9 Å². The minimum Gasteiger partial charge on any atom is -0.137 e. The highest BCUT2D eigenvalue weighted by Gasteiger charge is 2.18. The second-order valence-corrected chi connectivity index (χ2v) is 10.4. The van der Waals surface area contributed by atoms with Gasteiger partial charge in [0.15, 0.2) is 0 Å². The second kappa shape index (κ2) is 4.52. The van der Waals surface area contributed by atoms with Gasteiger partial charge >= 0.3 is 0 Å². The quantitative estimate of drug-likeness (QED) is 0.325. The van der Waals surface area contributed by atoms with Crippen LogP contribution in [0, 0.1) is 16.7 Å². The molecule has 3 heterocycles. The van der Waals surface area contributed by atoms with Crippen LogP contribution in [0.4, 0.5) is 0 Å². The lowest BCUT2D eigenvalue weighted by atomic mass is 10.3. The number of halogens is 2. The molecule has 0 bridgehead atoms. The summed E-state index contributed by atoms with van der Waals surface area (Å²) in [6.45, 7) is 4.47. The normalized spacial score (nSPS) is 12.0. The highest BCUT2D eigenvalue weighted by Crippen LogP contribution is 2.51. The highest BCUT2D eigenvalue weighted by molar-refractivity contribution is 14.2. The van der Waals surface area contributed by atoms with Gasteiger partial charge in [0.25, 0.3) is 0 Å². The molecule has 0 saturated heterocycles. The van der Waals surface area contributed by atoms with Crippen molar-refractivity contribution in [1.82, 2.24) is 0 Å². The minimum absolute atomic E-state index is 1.44. The summed E-state index contributed by atoms with van der Waals surface area (Å²) in [7, 11) is 1.85. The first-order valence-electron chi connectivity index (χ1n) is 4.52. The van der Waals surface area contributed by atoms with Crippen molar-refractivity contribution in [2.24, 2.45) is 0 Å². The number of hydrogen-bond acceptors (Lipinski definition) is 4. The van der Waals surface area contributed by atoms with Crippen molar-refractivity contribution >= 4 is 106 Å². The van der Waals surface area contributed by atoms with Crippen LogP contribution in [-0.2, 0) is 0 Å². The first-order chi connectivity index (χ1) is 7.63. The van der Waals surface area contributed by atoms with E-state index < -0.39 is 0 Å². The lowest BCUT2D eigenvalue weighted by Gasteiger charge is -1.90. The Labute approximate surface area is 136 Å². The molecule has 0 nitrogen and oxygen atoms in total. The first kappa shape index (κ1) is 12.5. The molecule has 0 aliphatic heterocycles. The van der Waals surface area contributed by atoms with Crippen LogP contribution in [0.5, 0.6) is 0 Å². The molecule has 3 aromatic rings. The van der Waals surface area contributed by atoms with Gasteiger partial charge in [-0.25, -0.2) is 0 Å². The Morgan fingerprint density at radius 1 is 0.938 bits per heavy atom. The van der Waals surface area contributed by atoms with Crippen LogP contribution in [0.1, 0.15) is 10.4 Å². The van der Waals surface area contributed by atoms with Crippen molar-refractivity contribution < 1.29 is 0 Å². The Bertz CT molecular complexity index is 689. The molecule has 0 fully saturated rings. The van der Waals surface area contributed by atoms with Crippen LogP contribution >= 0.6 is 86.7 Å². The van der Waals surface area contributed by atoms with E-state index in [4.69, 9.17) is 0 Å². The Morgan fingerprint density at radius 3 is 2.31 bits per heavy atom. The van der Waals surface area contributed by atoms with Gasteiger partial charge in [-0.1, -0.05) is 8.93 Å². The summed E-state index contributed by atoms with van der Waals surface area (Å²) in [5.41, 5.74) is 1.47. The number of fused-ring (bicyclic) bond motifs is 3. The van der Waals surface area contributed by atoms with Gasteiger partial charge in [0, 0.05) is 31.0 Å². The summed E-state index contributed by atoms with van der Waals surface area (Å²) >= 11 is 10.7. The predicted octanol–water partition coefficient (Wildman–Crippen LogP) is 6.84. The summed E-state index contributed by atoms with van der Waals surface area (Å²) in [6, 6.07) is 0. The van der Waals surface area contributed by atoms with Gasteiger partial charge in [-0.3, -0.25) is 0 Å². The largest absolute Gasteiger partial charge is 0.137 e. The van der Waals surface area contributed by atoms with Crippen molar-refractivity contribution in [2.45, 2.75) is 18.7 Å². The Hall–Kier alpha value is 1.43. The minimum atomic E-state index is 1.44. The highest BCUT2D eigenvalue weighted by atomic mass is 127. The van der Waals surface area contributed by atoms with Crippen molar-refractivity contribution in [3.05, 3.63) is 13.3 Å². The maximum Gasteiger partial charge on any atom is 0.0704 e. The molecular formula is C10H6I2S4. The van der Waals surface area contributed by atoms with Gasteiger partial charge < -0.3 is 0 Å². The molecule has 3 rings (SSSR count). The fourth-order valence-electron chi connectivity index (χ4n) is 1.69. The smallest absolute Gasteiger partial charge is 0.0704 e. The Morgan fingerprint density at radius 2 is 1.62 bits per heavy atom. The van der Waals surface area contributed by atoms with Gasteiger partial charge in [0.2, 0.25) is 0 Å². The van der Waals surface area contributed by atoms with Crippen LogP contribution < -0.4 is 0 Å². The number of aryl methyl sites for hydroxylation is 2. The number of thiophene rings is 3. The number of rotatable bonds is 1. The van der Waals surface area contributed by atoms with E-state index in [-0.39, 0.29) is 0 Å². The average molecular weight is 508 g/mol. The fraction of sp³-hybridized carbons (Fsp3) is 0.200. The third kappa shape index (κ3) is 1.70. The maximum absolute atomic E-state index is 2.45. The molecule has 6 heteroatoms. The van der Waals surface area contributed by atoms with E-state index in [1.165, 1.54) is 37.0 Å². The van der Waals surface area contributed by atoms with Crippen LogP contribution in [0.25, 0.3) is 18.8 Å². The van der Waals surface area contributed by atoms with E-state index in [0.29, 0.717) is 0 Å². The molecule has 0 saturated carbocycles. The zero-order chi connectivity index (χ0) is 11.4. The summed E-state index contributed by atoms with van der Waals surface area (Å²) in [6.07, 6.45) is 0. The monoisotopic (exact) mass is 508 g/mol. The summed E-state index contributed by atoms with van der Waals surface area (Å²) < 4.78 is 7.46. The SMILES string of the molecule is Cc1sc2c(sc3c(C)c(I)sc32)c1SI. The van der Waals surface area contributed by atoms with E-state index in [2.05, 4.69) is 57.6 Å². The van der Waals surface area contributed by atoms with E-state index in [1.54, 1.807) is 0 Å². The molecule has 0 unspecified atom stereocenters. The van der Waals surface area contributed by atoms with Crippen LogP contribution in [0.3, 0.4) is 0 Å². The molecule has 3 aromatic heterocycles. The molecule has 16 heavy (non-hydrogen) atoms. The van der Waals surface area contributed by atoms with Crippen LogP contribution in [0.2, 0.25) is 0 Å². The van der Waals surface area contributed by atoms with E-state index >= 15 is 0 Å². The lowest BCUT2D eigenvalue weighted by Crippen LogP contribution is -1.64. The third-order valence-corrected chi connectivity index (χ3v) is 10.2. The van der Waals surface area contributed by atoms with Gasteiger partial charge in [-0.15, -0.1) is 34.0 Å². The molecule has 84 valence electrons. The van der Waals surface area contributed by atoms with Crippen molar-refractivity contribution in [1.29, 1.82) is 0 Å². The lowest BCUT2D eigenvalue weighted by molar-refractivity contribution is 1.49. The topological polar surface area (TPSA) is 0 Å². The summed E-state index contributed by atoms with van der Waals surface area (Å²) in [5.74, 6) is 0. The zero-order valence-corrected chi connectivity index (χ0v) is 16.0. The summed E-state index contributed by atoms with van der Waals surface area (Å²) in [4.78, 5) is 2.94. The molecule has 0 radical (unpaired) electrons. The second-order valence-electron chi connectivity index (χ2n) is 3.48. The van der Waals surface area contributed by atoms with Crippen molar-refractivity contribution in [3.63, 3.8) is 0 Å². The van der Waals surface area contributed by atoms with E-state index in [9.17, 15) is 0 Å². The average Bonchev–Trinajstić information content (AvgIpc) is 2.81. The van der Waals surface area contributed by atoms with Gasteiger partial charge in [0.1, 0.15) is 0 Å². The molecule has 0 aliphatic carbocycles. The molecule has 0 atom stereocenters. The van der Waals surface area contributed by atoms with Gasteiger partial charge in [-0.05, 0) is 42.0 Å².